The number of aldehydes is 1. The molecule has 0 aliphatic heterocycles. The molecule has 0 saturated carbocycles. The van der Waals surface area contributed by atoms with Gasteiger partial charge in [0.15, 0.2) is 0 Å². The number of hydrogen-bond donors (Lipinski definition) is 0. The standard InChI is InChI=1S/C14H15BrO2/c1-4-9-14(10-16,11(2)15)12-5-7-13(17-3)8-6-12/h4-8,10H,1-2,9H2,3H3. The van der Waals surface area contributed by atoms with Crippen LogP contribution < -0.4 is 4.74 Å². The number of benzene rings is 1. The minimum atomic E-state index is -0.756. The Hall–Kier alpha value is -1.35. The molecule has 0 amide bonds. The number of methoxy groups -OCH3 is 1. The Morgan fingerprint density at radius 3 is 2.41 bits per heavy atom. The number of carbonyl (C=O) groups excluding carboxylic acids is 1. The maximum atomic E-state index is 11.4. The van der Waals surface area contributed by atoms with Crippen molar-refractivity contribution in [2.75, 3.05) is 7.11 Å². The van der Waals surface area contributed by atoms with Crippen molar-refractivity contribution >= 4 is 22.2 Å². The lowest BCUT2D eigenvalue weighted by atomic mass is 9.79. The predicted molar refractivity (Wildman–Crippen MR) is 73.6 cm³/mol. The van der Waals surface area contributed by atoms with Crippen molar-refractivity contribution in [3.05, 3.63) is 53.5 Å². The summed E-state index contributed by atoms with van der Waals surface area (Å²) in [6.45, 7) is 7.53. The van der Waals surface area contributed by atoms with Gasteiger partial charge in [0.2, 0.25) is 0 Å². The SMILES string of the molecule is C=CCC(C=O)(C(=C)Br)c1ccc(OC)cc1. The lowest BCUT2D eigenvalue weighted by Crippen LogP contribution is -2.27. The highest BCUT2D eigenvalue weighted by Gasteiger charge is 2.32. The van der Waals surface area contributed by atoms with E-state index in [9.17, 15) is 4.79 Å². The van der Waals surface area contributed by atoms with Crippen molar-refractivity contribution < 1.29 is 9.53 Å². The van der Waals surface area contributed by atoms with Crippen LogP contribution in [-0.2, 0) is 10.2 Å². The first-order chi connectivity index (χ1) is 8.10. The average molecular weight is 295 g/mol. The number of carbonyl (C=O) groups is 1. The smallest absolute Gasteiger partial charge is 0.135 e. The molecule has 0 bridgehead atoms. The summed E-state index contributed by atoms with van der Waals surface area (Å²) < 4.78 is 5.72. The highest BCUT2D eigenvalue weighted by atomic mass is 79.9. The summed E-state index contributed by atoms with van der Waals surface area (Å²) in [5.41, 5.74) is 0.115. The summed E-state index contributed by atoms with van der Waals surface area (Å²) in [7, 11) is 1.61. The minimum Gasteiger partial charge on any atom is -0.497 e. The molecule has 3 heteroatoms. The largest absolute Gasteiger partial charge is 0.497 e. The number of halogens is 1. The second-order valence-corrected chi connectivity index (χ2v) is 4.67. The van der Waals surface area contributed by atoms with E-state index in [2.05, 4.69) is 29.1 Å². The van der Waals surface area contributed by atoms with Crippen LogP contribution in [0.1, 0.15) is 12.0 Å². The number of allylic oxidation sites excluding steroid dienone is 2. The Morgan fingerprint density at radius 2 is 2.06 bits per heavy atom. The molecule has 0 fully saturated rings. The maximum absolute atomic E-state index is 11.4. The Kier molecular flexibility index (Phi) is 4.70. The Balaban J connectivity index is 3.25. The molecule has 17 heavy (non-hydrogen) atoms. The third-order valence-corrected chi connectivity index (χ3v) is 3.46. The number of ether oxygens (including phenoxy) is 1. The van der Waals surface area contributed by atoms with E-state index < -0.39 is 5.41 Å². The van der Waals surface area contributed by atoms with Crippen LogP contribution >= 0.6 is 15.9 Å². The first-order valence-corrected chi connectivity index (χ1v) is 5.96. The molecule has 0 radical (unpaired) electrons. The van der Waals surface area contributed by atoms with E-state index in [-0.39, 0.29) is 0 Å². The van der Waals surface area contributed by atoms with Gasteiger partial charge in [0, 0.05) is 4.48 Å². The summed E-state index contributed by atoms with van der Waals surface area (Å²) >= 11 is 3.33. The topological polar surface area (TPSA) is 26.3 Å². The second kappa shape index (κ2) is 5.82. The Labute approximate surface area is 110 Å². The lowest BCUT2D eigenvalue weighted by molar-refractivity contribution is -0.111. The van der Waals surface area contributed by atoms with Gasteiger partial charge < -0.3 is 9.53 Å². The molecule has 0 aromatic heterocycles. The molecular weight excluding hydrogens is 280 g/mol. The fraction of sp³-hybridized carbons (Fsp3) is 0.214. The second-order valence-electron chi connectivity index (χ2n) is 3.72. The average Bonchev–Trinajstić information content (AvgIpc) is 2.36. The van der Waals surface area contributed by atoms with Crippen LogP contribution in [0.15, 0.2) is 48.0 Å². The van der Waals surface area contributed by atoms with Crippen LogP contribution in [0.2, 0.25) is 0 Å². The van der Waals surface area contributed by atoms with Gasteiger partial charge in [-0.1, -0.05) is 40.7 Å². The van der Waals surface area contributed by atoms with E-state index >= 15 is 0 Å². The van der Waals surface area contributed by atoms with Crippen molar-refractivity contribution in [3.63, 3.8) is 0 Å². The van der Waals surface area contributed by atoms with Crippen molar-refractivity contribution in [3.8, 4) is 5.75 Å². The van der Waals surface area contributed by atoms with Gasteiger partial charge in [-0.15, -0.1) is 6.58 Å². The van der Waals surface area contributed by atoms with Crippen LogP contribution in [0.25, 0.3) is 0 Å². The highest BCUT2D eigenvalue weighted by Crippen LogP contribution is 2.37. The number of hydrogen-bond acceptors (Lipinski definition) is 2. The third kappa shape index (κ3) is 2.67. The highest BCUT2D eigenvalue weighted by molar-refractivity contribution is 9.11. The normalized spacial score (nSPS) is 13.5. The summed E-state index contributed by atoms with van der Waals surface area (Å²) in [6, 6.07) is 7.38. The zero-order chi connectivity index (χ0) is 12.9. The molecule has 2 nitrogen and oxygen atoms in total. The van der Waals surface area contributed by atoms with Crippen molar-refractivity contribution in [2.24, 2.45) is 0 Å². The Morgan fingerprint density at radius 1 is 1.47 bits per heavy atom. The Bertz CT molecular complexity index is 422. The lowest BCUT2D eigenvalue weighted by Gasteiger charge is -2.26. The van der Waals surface area contributed by atoms with Gasteiger partial charge in [-0.3, -0.25) is 0 Å². The van der Waals surface area contributed by atoms with Crippen LogP contribution in [0.3, 0.4) is 0 Å². The predicted octanol–water partition coefficient (Wildman–Crippen LogP) is 3.62. The molecule has 0 saturated heterocycles. The number of rotatable bonds is 6. The summed E-state index contributed by atoms with van der Waals surface area (Å²) in [4.78, 5) is 11.4. The van der Waals surface area contributed by atoms with E-state index in [0.29, 0.717) is 10.9 Å². The fourth-order valence-corrected chi connectivity index (χ4v) is 2.17. The zero-order valence-corrected chi connectivity index (χ0v) is 11.4. The molecule has 1 aromatic rings. The van der Waals surface area contributed by atoms with E-state index in [1.807, 2.05) is 24.3 Å². The minimum absolute atomic E-state index is 0.507. The molecule has 1 aromatic carbocycles. The molecule has 0 heterocycles. The summed E-state index contributed by atoms with van der Waals surface area (Å²) in [5.74, 6) is 0.757. The fourth-order valence-electron chi connectivity index (χ4n) is 1.68. The molecule has 0 aliphatic carbocycles. The summed E-state index contributed by atoms with van der Waals surface area (Å²) in [6.07, 6.45) is 3.12. The van der Waals surface area contributed by atoms with E-state index in [4.69, 9.17) is 4.74 Å². The van der Waals surface area contributed by atoms with Gasteiger partial charge in [0.05, 0.1) is 12.5 Å². The van der Waals surface area contributed by atoms with Gasteiger partial charge in [-0.05, 0) is 24.1 Å². The third-order valence-electron chi connectivity index (χ3n) is 2.76. The maximum Gasteiger partial charge on any atom is 0.135 e. The summed E-state index contributed by atoms with van der Waals surface area (Å²) in [5, 5.41) is 0. The molecule has 0 aliphatic rings. The molecule has 0 spiro atoms. The first-order valence-electron chi connectivity index (χ1n) is 5.17. The van der Waals surface area contributed by atoms with Crippen LogP contribution in [0, 0.1) is 0 Å². The van der Waals surface area contributed by atoms with Crippen molar-refractivity contribution in [1.29, 1.82) is 0 Å². The van der Waals surface area contributed by atoms with Gasteiger partial charge in [-0.25, -0.2) is 0 Å². The quantitative estimate of drug-likeness (QED) is 0.592. The molecule has 1 unspecified atom stereocenters. The monoisotopic (exact) mass is 294 g/mol. The van der Waals surface area contributed by atoms with Gasteiger partial charge >= 0.3 is 0 Å². The van der Waals surface area contributed by atoms with Crippen LogP contribution in [0.4, 0.5) is 0 Å². The van der Waals surface area contributed by atoms with Crippen LogP contribution in [-0.4, -0.2) is 13.4 Å². The van der Waals surface area contributed by atoms with E-state index in [1.54, 1.807) is 13.2 Å². The molecule has 90 valence electrons. The van der Waals surface area contributed by atoms with Gasteiger partial charge in [0.1, 0.15) is 12.0 Å². The van der Waals surface area contributed by atoms with Gasteiger partial charge in [-0.2, -0.15) is 0 Å². The first kappa shape index (κ1) is 13.7. The molecular formula is C14H15BrO2. The van der Waals surface area contributed by atoms with Crippen LogP contribution in [0.5, 0.6) is 5.75 Å². The molecule has 1 rings (SSSR count). The van der Waals surface area contributed by atoms with E-state index in [0.717, 1.165) is 17.6 Å². The van der Waals surface area contributed by atoms with E-state index in [1.165, 1.54) is 0 Å². The van der Waals surface area contributed by atoms with Gasteiger partial charge in [0.25, 0.3) is 0 Å². The zero-order valence-electron chi connectivity index (χ0n) is 9.78. The van der Waals surface area contributed by atoms with Crippen molar-refractivity contribution in [1.82, 2.24) is 0 Å². The molecule has 0 N–H and O–H groups in total. The van der Waals surface area contributed by atoms with Crippen molar-refractivity contribution in [2.45, 2.75) is 11.8 Å². The molecule has 1 atom stereocenters.